The van der Waals surface area contributed by atoms with Crippen LogP contribution in [-0.4, -0.2) is 18.7 Å². The first kappa shape index (κ1) is 20.3. The molecule has 0 amide bonds. The highest BCUT2D eigenvalue weighted by atomic mass is 79.9. The lowest BCUT2D eigenvalue weighted by Crippen LogP contribution is -2.08. The fourth-order valence-electron chi connectivity index (χ4n) is 2.59. The highest BCUT2D eigenvalue weighted by Gasteiger charge is 2.14. The van der Waals surface area contributed by atoms with Crippen LogP contribution >= 0.6 is 15.9 Å². The Morgan fingerprint density at radius 1 is 1.18 bits per heavy atom. The Morgan fingerprint density at radius 3 is 2.68 bits per heavy atom. The molecule has 3 N–H and O–H groups in total. The second-order valence-corrected chi connectivity index (χ2v) is 7.50. The number of aromatic nitrogens is 2. The van der Waals surface area contributed by atoms with Crippen molar-refractivity contribution in [3.63, 3.8) is 0 Å². The Bertz CT molecular complexity index is 1050. The van der Waals surface area contributed by atoms with Crippen LogP contribution in [0.25, 0.3) is 0 Å². The summed E-state index contributed by atoms with van der Waals surface area (Å²) in [4.78, 5) is 7.87. The van der Waals surface area contributed by atoms with E-state index in [0.717, 1.165) is 5.56 Å². The van der Waals surface area contributed by atoms with Gasteiger partial charge in [-0.3, -0.25) is 14.3 Å². The van der Waals surface area contributed by atoms with Crippen LogP contribution in [-0.2, 0) is 17.7 Å². The summed E-state index contributed by atoms with van der Waals surface area (Å²) in [6.07, 6.45) is 4.68. The minimum Gasteiger partial charge on any atom is -0.352 e. The van der Waals surface area contributed by atoms with Crippen molar-refractivity contribution >= 4 is 44.4 Å². The summed E-state index contributed by atoms with van der Waals surface area (Å²) < 4.78 is 51.0. The molecule has 0 bridgehead atoms. The highest BCUT2D eigenvalue weighted by molar-refractivity contribution is 9.10. The maximum Gasteiger partial charge on any atom is 0.260 e. The lowest BCUT2D eigenvalue weighted by Gasteiger charge is -2.14. The number of rotatable bonds is 6. The summed E-state index contributed by atoms with van der Waals surface area (Å²) in [7, 11) is 0. The van der Waals surface area contributed by atoms with Crippen molar-refractivity contribution in [2.75, 3.05) is 10.0 Å². The SMILES string of the molecule is Cc1c(Cc2ccnc(NS(=O)O)c2F)cncc1Nc1ccc(Br)cc1F. The smallest absolute Gasteiger partial charge is 0.260 e. The molecule has 28 heavy (non-hydrogen) atoms. The molecule has 0 fully saturated rings. The quantitative estimate of drug-likeness (QED) is 0.456. The van der Waals surface area contributed by atoms with Crippen LogP contribution < -0.4 is 10.0 Å². The molecule has 0 spiro atoms. The second kappa shape index (κ2) is 8.72. The molecule has 10 heteroatoms. The van der Waals surface area contributed by atoms with Gasteiger partial charge in [0.15, 0.2) is 11.6 Å². The van der Waals surface area contributed by atoms with Crippen LogP contribution in [0, 0.1) is 18.6 Å². The van der Waals surface area contributed by atoms with Gasteiger partial charge in [0.05, 0.1) is 17.6 Å². The average Bonchev–Trinajstić information content (AvgIpc) is 2.63. The Morgan fingerprint density at radius 2 is 1.96 bits per heavy atom. The largest absolute Gasteiger partial charge is 0.352 e. The molecule has 2 heterocycles. The van der Waals surface area contributed by atoms with Crippen LogP contribution in [0.15, 0.2) is 47.3 Å². The second-order valence-electron chi connectivity index (χ2n) is 5.88. The number of anilines is 3. The zero-order valence-electron chi connectivity index (χ0n) is 14.5. The molecule has 2 aromatic heterocycles. The van der Waals surface area contributed by atoms with Gasteiger partial charge in [-0.05, 0) is 47.9 Å². The normalized spacial score (nSPS) is 11.9. The van der Waals surface area contributed by atoms with E-state index in [1.807, 2.05) is 11.6 Å². The number of hydrogen-bond donors (Lipinski definition) is 3. The van der Waals surface area contributed by atoms with Crippen molar-refractivity contribution < 1.29 is 17.5 Å². The van der Waals surface area contributed by atoms with Gasteiger partial charge < -0.3 is 5.32 Å². The van der Waals surface area contributed by atoms with E-state index in [0.29, 0.717) is 15.7 Å². The summed E-state index contributed by atoms with van der Waals surface area (Å²) in [5, 5.41) is 3.00. The first-order chi connectivity index (χ1) is 13.3. The molecule has 1 atom stereocenters. The van der Waals surface area contributed by atoms with Gasteiger partial charge in [0, 0.05) is 23.3 Å². The van der Waals surface area contributed by atoms with Crippen molar-refractivity contribution in [3.05, 3.63) is 75.7 Å². The van der Waals surface area contributed by atoms with Gasteiger partial charge in [0.1, 0.15) is 5.82 Å². The van der Waals surface area contributed by atoms with E-state index in [4.69, 9.17) is 4.55 Å². The minimum atomic E-state index is -2.43. The van der Waals surface area contributed by atoms with Gasteiger partial charge in [-0.25, -0.2) is 18.0 Å². The number of nitrogens with zero attached hydrogens (tertiary/aromatic N) is 2. The molecule has 1 aromatic carbocycles. The van der Waals surface area contributed by atoms with E-state index in [9.17, 15) is 13.0 Å². The lowest BCUT2D eigenvalue weighted by atomic mass is 10.0. The van der Waals surface area contributed by atoms with E-state index in [2.05, 4.69) is 31.2 Å². The average molecular weight is 469 g/mol. The van der Waals surface area contributed by atoms with Gasteiger partial charge in [0.25, 0.3) is 11.3 Å². The van der Waals surface area contributed by atoms with Crippen LogP contribution in [0.2, 0.25) is 0 Å². The summed E-state index contributed by atoms with van der Waals surface area (Å²) in [6.45, 7) is 1.82. The molecule has 146 valence electrons. The molecule has 3 rings (SSSR count). The molecule has 1 unspecified atom stereocenters. The molecule has 0 saturated heterocycles. The first-order valence-corrected chi connectivity index (χ1v) is 9.91. The molecule has 3 aromatic rings. The third kappa shape index (κ3) is 4.70. The number of nitrogens with one attached hydrogen (secondary N) is 2. The van der Waals surface area contributed by atoms with E-state index >= 15 is 0 Å². The molecule has 6 nitrogen and oxygen atoms in total. The Balaban J connectivity index is 1.89. The first-order valence-electron chi connectivity index (χ1n) is 8.01. The zero-order chi connectivity index (χ0) is 20.3. The molecule has 0 saturated carbocycles. The van der Waals surface area contributed by atoms with Gasteiger partial charge in [0.2, 0.25) is 0 Å². The Kier molecular flexibility index (Phi) is 6.32. The number of halogens is 3. The summed E-state index contributed by atoms with van der Waals surface area (Å²) in [6, 6.07) is 6.14. The third-order valence-corrected chi connectivity index (χ3v) is 4.92. The molecule has 0 aliphatic heterocycles. The van der Waals surface area contributed by atoms with Crippen molar-refractivity contribution in [1.82, 2.24) is 9.97 Å². The number of benzene rings is 1. The lowest BCUT2D eigenvalue weighted by molar-refractivity contribution is 0.567. The maximum absolute atomic E-state index is 14.5. The molecule has 0 aliphatic carbocycles. The summed E-state index contributed by atoms with van der Waals surface area (Å²) in [5.41, 5.74) is 2.64. The zero-order valence-corrected chi connectivity index (χ0v) is 16.9. The predicted octanol–water partition coefficient (Wildman–Crippen LogP) is 4.71. The topological polar surface area (TPSA) is 87.1 Å². The number of hydrogen-bond acceptors (Lipinski definition) is 4. The molecular formula is C18H15BrF2N4O2S. The van der Waals surface area contributed by atoms with Crippen molar-refractivity contribution in [2.45, 2.75) is 13.3 Å². The maximum atomic E-state index is 14.5. The van der Waals surface area contributed by atoms with Crippen molar-refractivity contribution in [2.24, 2.45) is 0 Å². The minimum absolute atomic E-state index is 0.179. The van der Waals surface area contributed by atoms with Gasteiger partial charge >= 0.3 is 0 Å². The molecule has 0 aliphatic rings. The third-order valence-electron chi connectivity index (χ3n) is 4.05. The predicted molar refractivity (Wildman–Crippen MR) is 108 cm³/mol. The van der Waals surface area contributed by atoms with Gasteiger partial charge in [-0.1, -0.05) is 15.9 Å². The highest BCUT2D eigenvalue weighted by Crippen LogP contribution is 2.28. The molecule has 0 radical (unpaired) electrons. The van der Waals surface area contributed by atoms with Gasteiger partial charge in [-0.15, -0.1) is 0 Å². The van der Waals surface area contributed by atoms with E-state index in [1.54, 1.807) is 24.5 Å². The van der Waals surface area contributed by atoms with Crippen LogP contribution in [0.3, 0.4) is 0 Å². The fourth-order valence-corrected chi connectivity index (χ4v) is 3.23. The summed E-state index contributed by atoms with van der Waals surface area (Å²) in [5.74, 6) is -1.45. The molecular weight excluding hydrogens is 454 g/mol. The van der Waals surface area contributed by atoms with Crippen molar-refractivity contribution in [3.8, 4) is 0 Å². The summed E-state index contributed by atoms with van der Waals surface area (Å²) >= 11 is 0.782. The van der Waals surface area contributed by atoms with Gasteiger partial charge in [-0.2, -0.15) is 0 Å². The van der Waals surface area contributed by atoms with E-state index < -0.39 is 22.9 Å². The monoisotopic (exact) mass is 468 g/mol. The van der Waals surface area contributed by atoms with E-state index in [-0.39, 0.29) is 23.5 Å². The Hall–Kier alpha value is -2.43. The van der Waals surface area contributed by atoms with Crippen LogP contribution in [0.1, 0.15) is 16.7 Å². The fraction of sp³-hybridized carbons (Fsp3) is 0.111. The van der Waals surface area contributed by atoms with Crippen molar-refractivity contribution in [1.29, 1.82) is 0 Å². The standard InChI is InChI=1S/C18H15BrF2N4O2S/c1-10-12(6-11-4-5-23-18(17(11)21)25-28(26)27)8-22-9-16(10)24-15-3-2-13(19)7-14(15)20/h2-5,7-9,24H,6H2,1H3,(H,23,25)(H,26,27). The number of pyridine rings is 2. The Labute approximate surface area is 171 Å². The van der Waals surface area contributed by atoms with Crippen LogP contribution in [0.5, 0.6) is 0 Å². The van der Waals surface area contributed by atoms with Crippen LogP contribution in [0.4, 0.5) is 26.0 Å². The van der Waals surface area contributed by atoms with E-state index in [1.165, 1.54) is 18.3 Å².